The van der Waals surface area contributed by atoms with Crippen molar-refractivity contribution in [2.75, 3.05) is 18.0 Å². The lowest BCUT2D eigenvalue weighted by molar-refractivity contribution is 0.00269. The molecule has 1 N–H and O–H groups in total. The standard InChI is InChI=1S/C16H20BrN3O/c1-2-20-15(14(17)12-18-20)16(21)8-10-19(11-9-16)13-6-4-3-5-7-13/h3-7,12,21H,2,8-11H2,1H3. The van der Waals surface area contributed by atoms with Gasteiger partial charge in [-0.15, -0.1) is 0 Å². The predicted octanol–water partition coefficient (Wildman–Crippen LogP) is 3.15. The van der Waals surface area contributed by atoms with E-state index in [9.17, 15) is 5.11 Å². The lowest BCUT2D eigenvalue weighted by Crippen LogP contribution is -2.44. The minimum atomic E-state index is -0.795. The van der Waals surface area contributed by atoms with Crippen LogP contribution in [0.5, 0.6) is 0 Å². The summed E-state index contributed by atoms with van der Waals surface area (Å²) in [5.41, 5.74) is 1.34. The van der Waals surface area contributed by atoms with E-state index in [0.717, 1.165) is 29.8 Å². The molecule has 1 aromatic carbocycles. The summed E-state index contributed by atoms with van der Waals surface area (Å²) in [6, 6.07) is 10.4. The molecule has 5 heteroatoms. The molecule has 1 aliphatic rings. The normalized spacial score (nSPS) is 18.0. The maximum Gasteiger partial charge on any atom is 0.111 e. The second-order valence-electron chi connectivity index (χ2n) is 5.51. The van der Waals surface area contributed by atoms with E-state index < -0.39 is 5.60 Å². The first-order valence-electron chi connectivity index (χ1n) is 7.38. The van der Waals surface area contributed by atoms with E-state index in [1.54, 1.807) is 6.20 Å². The average molecular weight is 350 g/mol. The van der Waals surface area contributed by atoms with Crippen molar-refractivity contribution in [2.45, 2.75) is 31.9 Å². The van der Waals surface area contributed by atoms with Crippen molar-refractivity contribution >= 4 is 21.6 Å². The monoisotopic (exact) mass is 349 g/mol. The molecule has 0 atom stereocenters. The Balaban J connectivity index is 1.79. The third-order valence-electron chi connectivity index (χ3n) is 4.25. The van der Waals surface area contributed by atoms with Crippen molar-refractivity contribution in [2.24, 2.45) is 0 Å². The Morgan fingerprint density at radius 3 is 2.52 bits per heavy atom. The Hall–Kier alpha value is -1.33. The van der Waals surface area contributed by atoms with Crippen LogP contribution in [0.4, 0.5) is 5.69 Å². The smallest absolute Gasteiger partial charge is 0.111 e. The molecule has 3 rings (SSSR count). The maximum atomic E-state index is 11.1. The molecule has 0 spiro atoms. The summed E-state index contributed by atoms with van der Waals surface area (Å²) in [5, 5.41) is 15.4. The Morgan fingerprint density at radius 1 is 1.24 bits per heavy atom. The second-order valence-corrected chi connectivity index (χ2v) is 6.37. The summed E-state index contributed by atoms with van der Waals surface area (Å²) in [6.45, 7) is 4.51. The van der Waals surface area contributed by atoms with Crippen LogP contribution in [-0.4, -0.2) is 28.0 Å². The molecule has 0 unspecified atom stereocenters. The fraction of sp³-hybridized carbons (Fsp3) is 0.438. The summed E-state index contributed by atoms with van der Waals surface area (Å²) in [5.74, 6) is 0. The molecule has 21 heavy (non-hydrogen) atoms. The molecule has 4 nitrogen and oxygen atoms in total. The van der Waals surface area contributed by atoms with Gasteiger partial charge in [-0.3, -0.25) is 4.68 Å². The summed E-state index contributed by atoms with van der Waals surface area (Å²) in [4.78, 5) is 2.33. The fourth-order valence-electron chi connectivity index (χ4n) is 3.08. The summed E-state index contributed by atoms with van der Waals surface area (Å²) in [6.07, 6.45) is 3.21. The molecule has 0 bridgehead atoms. The molecule has 0 radical (unpaired) electrons. The van der Waals surface area contributed by atoms with Crippen LogP contribution >= 0.6 is 15.9 Å². The van der Waals surface area contributed by atoms with Crippen LogP contribution < -0.4 is 4.90 Å². The molecule has 1 fully saturated rings. The number of aromatic nitrogens is 2. The minimum Gasteiger partial charge on any atom is -0.383 e. The number of para-hydroxylation sites is 1. The molecule has 0 amide bonds. The van der Waals surface area contributed by atoms with Crippen molar-refractivity contribution < 1.29 is 5.11 Å². The molecule has 1 aromatic heterocycles. The fourth-order valence-corrected chi connectivity index (χ4v) is 3.74. The van der Waals surface area contributed by atoms with Gasteiger partial charge in [0.25, 0.3) is 0 Å². The summed E-state index contributed by atoms with van der Waals surface area (Å²) < 4.78 is 2.79. The minimum absolute atomic E-state index is 0.714. The van der Waals surface area contributed by atoms with Crippen LogP contribution in [0.25, 0.3) is 0 Å². The van der Waals surface area contributed by atoms with Crippen LogP contribution in [0.3, 0.4) is 0 Å². The zero-order valence-corrected chi connectivity index (χ0v) is 13.8. The molecule has 1 aliphatic heterocycles. The van der Waals surface area contributed by atoms with Crippen LogP contribution in [-0.2, 0) is 12.1 Å². The van der Waals surface area contributed by atoms with Crippen molar-refractivity contribution in [3.8, 4) is 0 Å². The number of hydrogen-bond donors (Lipinski definition) is 1. The first-order valence-corrected chi connectivity index (χ1v) is 8.17. The number of piperidine rings is 1. The topological polar surface area (TPSA) is 41.3 Å². The molecular formula is C16H20BrN3O. The van der Waals surface area contributed by atoms with E-state index in [1.165, 1.54) is 5.69 Å². The molecule has 0 aliphatic carbocycles. The van der Waals surface area contributed by atoms with Gasteiger partial charge in [-0.25, -0.2) is 0 Å². The highest BCUT2D eigenvalue weighted by molar-refractivity contribution is 9.10. The molecule has 0 saturated carbocycles. The maximum absolute atomic E-state index is 11.1. The number of hydrogen-bond acceptors (Lipinski definition) is 3. The SMILES string of the molecule is CCn1ncc(Br)c1C1(O)CCN(c2ccccc2)CC1. The van der Waals surface area contributed by atoms with Gasteiger partial charge < -0.3 is 10.0 Å². The van der Waals surface area contributed by atoms with E-state index >= 15 is 0 Å². The number of anilines is 1. The number of benzene rings is 1. The van der Waals surface area contributed by atoms with E-state index in [-0.39, 0.29) is 0 Å². The average Bonchev–Trinajstić information content (AvgIpc) is 2.90. The van der Waals surface area contributed by atoms with Crippen molar-refractivity contribution in [3.05, 3.63) is 46.7 Å². The van der Waals surface area contributed by atoms with Gasteiger partial charge >= 0.3 is 0 Å². The van der Waals surface area contributed by atoms with Gasteiger partial charge in [0.1, 0.15) is 5.60 Å². The predicted molar refractivity (Wildman–Crippen MR) is 87.4 cm³/mol. The summed E-state index contributed by atoms with van der Waals surface area (Å²) >= 11 is 3.53. The van der Waals surface area contributed by atoms with Crippen LogP contribution in [0.15, 0.2) is 41.0 Å². The van der Waals surface area contributed by atoms with Gasteiger partial charge in [0.05, 0.1) is 16.4 Å². The zero-order chi connectivity index (χ0) is 14.9. The van der Waals surface area contributed by atoms with Gasteiger partial charge in [0.2, 0.25) is 0 Å². The van der Waals surface area contributed by atoms with Gasteiger partial charge in [0, 0.05) is 25.3 Å². The number of rotatable bonds is 3. The van der Waals surface area contributed by atoms with Gasteiger partial charge in [-0.1, -0.05) is 18.2 Å². The largest absolute Gasteiger partial charge is 0.383 e. The molecule has 112 valence electrons. The highest BCUT2D eigenvalue weighted by atomic mass is 79.9. The highest BCUT2D eigenvalue weighted by Gasteiger charge is 2.38. The third kappa shape index (κ3) is 2.72. The van der Waals surface area contributed by atoms with E-state index in [4.69, 9.17) is 0 Å². The Bertz CT molecular complexity index is 603. The highest BCUT2D eigenvalue weighted by Crippen LogP contribution is 2.37. The van der Waals surface area contributed by atoms with E-state index in [2.05, 4.69) is 50.2 Å². The zero-order valence-electron chi connectivity index (χ0n) is 12.2. The molecule has 1 saturated heterocycles. The number of nitrogens with zero attached hydrogens (tertiary/aromatic N) is 3. The summed E-state index contributed by atoms with van der Waals surface area (Å²) in [7, 11) is 0. The van der Waals surface area contributed by atoms with Crippen LogP contribution in [0.1, 0.15) is 25.5 Å². The van der Waals surface area contributed by atoms with E-state index in [0.29, 0.717) is 12.8 Å². The molecular weight excluding hydrogens is 330 g/mol. The lowest BCUT2D eigenvalue weighted by atomic mass is 9.87. The number of halogens is 1. The Kier molecular flexibility index (Phi) is 4.04. The van der Waals surface area contributed by atoms with Crippen LogP contribution in [0.2, 0.25) is 0 Å². The molecule has 2 aromatic rings. The number of aryl methyl sites for hydroxylation is 1. The number of aliphatic hydroxyl groups is 1. The third-order valence-corrected chi connectivity index (χ3v) is 4.83. The van der Waals surface area contributed by atoms with Crippen molar-refractivity contribution in [3.63, 3.8) is 0 Å². The first kappa shape index (κ1) is 14.6. The lowest BCUT2D eigenvalue weighted by Gasteiger charge is -2.39. The quantitative estimate of drug-likeness (QED) is 0.925. The Morgan fingerprint density at radius 2 is 1.90 bits per heavy atom. The van der Waals surface area contributed by atoms with Crippen molar-refractivity contribution in [1.29, 1.82) is 0 Å². The van der Waals surface area contributed by atoms with Crippen LogP contribution in [0, 0.1) is 0 Å². The first-order chi connectivity index (χ1) is 10.1. The van der Waals surface area contributed by atoms with Gasteiger partial charge in [-0.05, 0) is 47.8 Å². The Labute approximate surface area is 133 Å². The van der Waals surface area contributed by atoms with Gasteiger partial charge in [-0.2, -0.15) is 5.10 Å². The van der Waals surface area contributed by atoms with Crippen molar-refractivity contribution in [1.82, 2.24) is 9.78 Å². The van der Waals surface area contributed by atoms with E-state index in [1.807, 2.05) is 17.7 Å². The molecule has 2 heterocycles. The van der Waals surface area contributed by atoms with Gasteiger partial charge in [0.15, 0.2) is 0 Å². The second kappa shape index (κ2) is 5.81.